The van der Waals surface area contributed by atoms with E-state index in [0.717, 1.165) is 23.8 Å². The number of phosphoric acid groups is 2. The molecule has 2 rings (SSSR count). The van der Waals surface area contributed by atoms with Gasteiger partial charge in [-0.05, 0) is 0 Å². The Balaban J connectivity index is 0.000000456. The minimum absolute atomic E-state index is 0.704. The van der Waals surface area contributed by atoms with Crippen molar-refractivity contribution in [2.75, 3.05) is 13.2 Å². The predicted octanol–water partition coefficient (Wildman–Crippen LogP) is -6.53. The van der Waals surface area contributed by atoms with Crippen molar-refractivity contribution in [3.63, 3.8) is 0 Å². The zero-order valence-electron chi connectivity index (χ0n) is 20.7. The molecule has 1 aliphatic heterocycles. The lowest BCUT2D eigenvalue weighted by Gasteiger charge is -2.24. The van der Waals surface area contributed by atoms with Gasteiger partial charge in [-0.2, -0.15) is 4.31 Å². The van der Waals surface area contributed by atoms with Gasteiger partial charge in [0.1, 0.15) is 36.6 Å². The van der Waals surface area contributed by atoms with Gasteiger partial charge in [0.05, 0.1) is 13.2 Å². The lowest BCUT2D eigenvalue weighted by Crippen LogP contribution is -2.52. The first-order chi connectivity index (χ1) is 18.7. The number of phosphoric ester groups is 1. The van der Waals surface area contributed by atoms with E-state index in [4.69, 9.17) is 34.7 Å². The highest BCUT2D eigenvalue weighted by Crippen LogP contribution is 2.57. The van der Waals surface area contributed by atoms with Crippen LogP contribution in [-0.4, -0.2) is 128 Å². The van der Waals surface area contributed by atoms with Crippen LogP contribution < -0.4 is 16.6 Å². The summed E-state index contributed by atoms with van der Waals surface area (Å²) >= 11 is 0. The summed E-state index contributed by atoms with van der Waals surface area (Å²) in [5, 5.41) is 66.4. The summed E-state index contributed by atoms with van der Waals surface area (Å²) in [6, 6.07) is 0.962. The highest BCUT2D eigenvalue weighted by atomic mass is 31.3. The number of carbonyl (C=O) groups is 2. The Morgan fingerprint density at radius 3 is 2.17 bits per heavy atom. The van der Waals surface area contributed by atoms with Gasteiger partial charge in [0.15, 0.2) is 12.3 Å². The molecule has 0 aliphatic carbocycles. The quantitative estimate of drug-likeness (QED) is 0.0999. The number of ether oxygens (including phenoxy) is 1. The van der Waals surface area contributed by atoms with Gasteiger partial charge < -0.3 is 55.2 Å². The van der Waals surface area contributed by atoms with Crippen LogP contribution >= 0.6 is 15.6 Å². The predicted molar refractivity (Wildman–Crippen MR) is 126 cm³/mol. The van der Waals surface area contributed by atoms with Crippen molar-refractivity contribution in [2.45, 2.75) is 55.9 Å². The molecule has 9 atom stereocenters. The van der Waals surface area contributed by atoms with Crippen LogP contribution in [0.2, 0.25) is 0 Å². The van der Waals surface area contributed by atoms with Crippen LogP contribution in [0.5, 0.6) is 0 Å². The number of hydrogen-bond donors (Lipinski definition) is 12. The summed E-state index contributed by atoms with van der Waals surface area (Å²) in [6.45, 7) is -0.726. The molecule has 0 saturated carbocycles. The van der Waals surface area contributed by atoms with Crippen molar-refractivity contribution >= 4 is 27.5 Å². The summed E-state index contributed by atoms with van der Waals surface area (Å²) in [6.07, 6.45) is -12.9. The van der Waals surface area contributed by atoms with E-state index in [1.807, 2.05) is 4.98 Å². The second-order valence-electron chi connectivity index (χ2n) is 8.12. The normalized spacial score (nSPS) is 25.1. The second-order valence-corrected chi connectivity index (χ2v) is 11.0. The van der Waals surface area contributed by atoms with Crippen molar-refractivity contribution in [1.82, 2.24) is 14.9 Å². The average Bonchev–Trinajstić information content (AvgIpc) is 3.12. The fraction of sp³-hybridized carbons (Fsp3) is 0.647. The maximum absolute atomic E-state index is 11.7. The van der Waals surface area contributed by atoms with Gasteiger partial charge in [-0.3, -0.25) is 33.8 Å². The Kier molecular flexibility index (Phi) is 13.7. The Morgan fingerprint density at radius 2 is 1.68 bits per heavy atom. The summed E-state index contributed by atoms with van der Waals surface area (Å²) in [7, 11) is -10.5. The van der Waals surface area contributed by atoms with Crippen LogP contribution in [0.1, 0.15) is 13.2 Å². The molecule has 0 aromatic carbocycles. The highest BCUT2D eigenvalue weighted by Gasteiger charge is 2.45. The van der Waals surface area contributed by atoms with E-state index >= 15 is 0 Å². The molecule has 1 aromatic rings. The van der Waals surface area contributed by atoms with Crippen molar-refractivity contribution in [3.05, 3.63) is 33.1 Å². The van der Waals surface area contributed by atoms with Crippen molar-refractivity contribution in [2.24, 2.45) is 0 Å². The van der Waals surface area contributed by atoms with Crippen molar-refractivity contribution in [3.8, 4) is 0 Å². The van der Waals surface area contributed by atoms with E-state index in [1.54, 1.807) is 5.32 Å². The topological polar surface area (TPSA) is 365 Å². The smallest absolute Gasteiger partial charge is 0.394 e. The number of nitrogens with one attached hydrogen (secondary N) is 2. The molecule has 2 heterocycles. The molecule has 1 saturated heterocycles. The minimum Gasteiger partial charge on any atom is -0.394 e. The van der Waals surface area contributed by atoms with Crippen LogP contribution in [-0.2, 0) is 32.3 Å². The lowest BCUT2D eigenvalue weighted by atomic mass is 10.0. The largest absolute Gasteiger partial charge is 0.481 e. The molecule has 0 spiro atoms. The standard InChI is InChI=1S/C9H14N2O12P2.C8H15NO7/c12-5-1-2-11(9(15)10-5)8-7(14)6(13)4(22-8)3-21-25(19,20)23-24(16,17)18;1-3(11)9-8(16)7(15)6(14)5(13)4(12)2-10/h1-2,4,6-8,13-14H,3H2,(H,19,20)(H,10,12,15)(H2,16,17,18);4-7,10,12-15H,2H2,1H3,(H,9,11,16)/t4-,6-,7-,8-;/m1./s1. The van der Waals surface area contributed by atoms with Crippen molar-refractivity contribution < 1.29 is 82.7 Å². The Labute approximate surface area is 227 Å². The van der Waals surface area contributed by atoms with E-state index in [-0.39, 0.29) is 0 Å². The van der Waals surface area contributed by atoms with Gasteiger partial charge in [0.25, 0.3) is 11.5 Å². The first kappa shape index (κ1) is 36.8. The maximum atomic E-state index is 11.7. The number of carbonyl (C=O) groups excluding carboxylic acids is 2. The third-order valence-electron chi connectivity index (χ3n) is 4.90. The van der Waals surface area contributed by atoms with Gasteiger partial charge in [0, 0.05) is 19.2 Å². The third-order valence-corrected chi connectivity index (χ3v) is 7.05. The van der Waals surface area contributed by atoms with Gasteiger partial charge in [-0.15, -0.1) is 0 Å². The number of aliphatic hydroxyl groups is 7. The van der Waals surface area contributed by atoms with Gasteiger partial charge >= 0.3 is 21.3 Å². The summed E-state index contributed by atoms with van der Waals surface area (Å²) in [5.74, 6) is -1.95. The maximum Gasteiger partial charge on any atom is 0.481 e. The Hall–Kier alpha value is -2.24. The molecule has 41 heavy (non-hydrogen) atoms. The second kappa shape index (κ2) is 15.3. The Bertz CT molecular complexity index is 1250. The Morgan fingerprint density at radius 1 is 1.10 bits per heavy atom. The number of imide groups is 1. The SMILES string of the molecule is CC(=O)NC(=O)C(O)C(O)C(O)C(O)CO.O=c1ccn([C@@H]2O[C@H](COP(=O)(O)OP(=O)(O)O)[C@@H](O)[C@H]2O)c(=O)[nH]1. The molecule has 24 heteroatoms. The fourth-order valence-corrected chi connectivity index (χ4v) is 4.57. The summed E-state index contributed by atoms with van der Waals surface area (Å²) in [4.78, 5) is 72.2. The van der Waals surface area contributed by atoms with Crippen molar-refractivity contribution in [1.29, 1.82) is 0 Å². The number of amides is 2. The van der Waals surface area contributed by atoms with E-state index in [2.05, 4.69) is 8.83 Å². The molecule has 1 fully saturated rings. The first-order valence-corrected chi connectivity index (χ1v) is 13.9. The highest BCUT2D eigenvalue weighted by molar-refractivity contribution is 7.60. The third kappa shape index (κ3) is 11.5. The van der Waals surface area contributed by atoms with Crippen LogP contribution in [0.4, 0.5) is 0 Å². The zero-order chi connectivity index (χ0) is 31.9. The molecule has 236 valence electrons. The molecular formula is C17H29N3O19P2. The number of aromatic amines is 1. The lowest BCUT2D eigenvalue weighted by molar-refractivity contribution is -0.150. The average molecular weight is 641 g/mol. The molecule has 0 bridgehead atoms. The first-order valence-electron chi connectivity index (χ1n) is 10.9. The molecule has 1 aromatic heterocycles. The molecule has 0 radical (unpaired) electrons. The van der Waals surface area contributed by atoms with E-state index in [1.165, 1.54) is 0 Å². The van der Waals surface area contributed by atoms with Crippen LogP contribution in [0.25, 0.3) is 0 Å². The monoisotopic (exact) mass is 641 g/mol. The number of aliphatic hydroxyl groups excluding tert-OH is 7. The zero-order valence-corrected chi connectivity index (χ0v) is 22.5. The molecule has 22 nitrogen and oxygen atoms in total. The van der Waals surface area contributed by atoms with E-state index in [9.17, 15) is 48.7 Å². The number of aromatic nitrogens is 2. The molecule has 5 unspecified atom stereocenters. The summed E-state index contributed by atoms with van der Waals surface area (Å²) < 4.78 is 35.6. The number of nitrogens with zero attached hydrogens (tertiary/aromatic N) is 1. The van der Waals surface area contributed by atoms with Gasteiger partial charge in [-0.25, -0.2) is 13.9 Å². The molecule has 1 aliphatic rings. The minimum atomic E-state index is -5.32. The van der Waals surface area contributed by atoms with Crippen LogP contribution in [0.15, 0.2) is 21.9 Å². The molecule has 12 N–H and O–H groups in total. The van der Waals surface area contributed by atoms with Crippen LogP contribution in [0, 0.1) is 0 Å². The van der Waals surface area contributed by atoms with Crippen LogP contribution in [0.3, 0.4) is 0 Å². The molecular weight excluding hydrogens is 612 g/mol. The van der Waals surface area contributed by atoms with Gasteiger partial charge in [0.2, 0.25) is 5.91 Å². The number of H-pyrrole nitrogens is 1. The fourth-order valence-electron chi connectivity index (χ4n) is 2.97. The van der Waals surface area contributed by atoms with E-state index < -0.39 is 101 Å². The molecule has 2 amide bonds. The number of rotatable bonds is 11. The number of hydrogen-bond acceptors (Lipinski definition) is 16. The van der Waals surface area contributed by atoms with E-state index in [0.29, 0.717) is 0 Å². The van der Waals surface area contributed by atoms with Gasteiger partial charge in [-0.1, -0.05) is 0 Å². The summed E-state index contributed by atoms with van der Waals surface area (Å²) in [5.41, 5.74) is -1.65.